The molecule has 2 atom stereocenters. The molecule has 1 N–H and O–H groups in total. The number of nitrogens with zero attached hydrogens (tertiary/aromatic N) is 1. The number of fused-ring (bicyclic) bond motifs is 1. The highest BCUT2D eigenvalue weighted by atomic mass is 16.5. The van der Waals surface area contributed by atoms with Crippen LogP contribution in [0.4, 0.5) is 0 Å². The predicted molar refractivity (Wildman–Crippen MR) is 79.7 cm³/mol. The predicted octanol–water partition coefficient (Wildman–Crippen LogP) is 3.10. The van der Waals surface area contributed by atoms with E-state index < -0.39 is 5.60 Å². The summed E-state index contributed by atoms with van der Waals surface area (Å²) in [5.74, 6) is 0. The van der Waals surface area contributed by atoms with Crippen LogP contribution < -0.4 is 0 Å². The van der Waals surface area contributed by atoms with Crippen LogP contribution >= 0.6 is 0 Å². The lowest BCUT2D eigenvalue weighted by Gasteiger charge is -2.39. The summed E-state index contributed by atoms with van der Waals surface area (Å²) in [7, 11) is 1.70. The van der Waals surface area contributed by atoms with Gasteiger partial charge in [-0.25, -0.2) is 0 Å². The Morgan fingerprint density at radius 1 is 1.30 bits per heavy atom. The van der Waals surface area contributed by atoms with Crippen molar-refractivity contribution in [3.63, 3.8) is 0 Å². The van der Waals surface area contributed by atoms with Crippen molar-refractivity contribution < 1.29 is 9.84 Å². The lowest BCUT2D eigenvalue weighted by Crippen LogP contribution is -2.47. The minimum Gasteiger partial charge on any atom is -0.387 e. The molecule has 0 aliphatic heterocycles. The van der Waals surface area contributed by atoms with Crippen LogP contribution in [0, 0.1) is 0 Å². The van der Waals surface area contributed by atoms with E-state index in [-0.39, 0.29) is 6.10 Å². The second-order valence-corrected chi connectivity index (χ2v) is 5.74. The van der Waals surface area contributed by atoms with Crippen molar-refractivity contribution in [1.29, 1.82) is 0 Å². The zero-order valence-corrected chi connectivity index (χ0v) is 11.9. The Morgan fingerprint density at radius 2 is 2.15 bits per heavy atom. The molecule has 2 unspecified atom stereocenters. The van der Waals surface area contributed by atoms with E-state index in [4.69, 9.17) is 4.74 Å². The van der Waals surface area contributed by atoms with Crippen molar-refractivity contribution in [1.82, 2.24) is 4.98 Å². The highest BCUT2D eigenvalue weighted by molar-refractivity contribution is 5.81. The standard InChI is InChI=1S/C17H21NO2/c1-20-16-8-4-5-10-17(16,19)12-13-9-11-18-15-7-3-2-6-14(13)15/h2-3,6-7,9,11,16,19H,4-5,8,10,12H2,1H3. The summed E-state index contributed by atoms with van der Waals surface area (Å²) in [6.07, 6.45) is 6.35. The average Bonchev–Trinajstić information content (AvgIpc) is 2.48. The molecule has 0 bridgehead atoms. The summed E-state index contributed by atoms with van der Waals surface area (Å²) in [6.45, 7) is 0. The van der Waals surface area contributed by atoms with E-state index in [0.717, 1.165) is 42.1 Å². The number of hydrogen-bond acceptors (Lipinski definition) is 3. The van der Waals surface area contributed by atoms with E-state index in [9.17, 15) is 5.11 Å². The van der Waals surface area contributed by atoms with E-state index in [2.05, 4.69) is 11.1 Å². The van der Waals surface area contributed by atoms with Gasteiger partial charge >= 0.3 is 0 Å². The van der Waals surface area contributed by atoms with Crippen molar-refractivity contribution >= 4 is 10.9 Å². The summed E-state index contributed by atoms with van der Waals surface area (Å²) in [5.41, 5.74) is 1.39. The minimum absolute atomic E-state index is 0.0665. The normalized spacial score (nSPS) is 26.8. The van der Waals surface area contributed by atoms with Crippen molar-refractivity contribution in [3.8, 4) is 0 Å². The molecule has 106 valence electrons. The summed E-state index contributed by atoms with van der Waals surface area (Å²) in [6, 6.07) is 10.1. The van der Waals surface area contributed by atoms with Gasteiger partial charge in [-0.3, -0.25) is 4.98 Å². The number of aliphatic hydroxyl groups is 1. The number of aromatic nitrogens is 1. The quantitative estimate of drug-likeness (QED) is 0.932. The maximum atomic E-state index is 11.0. The van der Waals surface area contributed by atoms with Crippen LogP contribution in [-0.2, 0) is 11.2 Å². The van der Waals surface area contributed by atoms with E-state index in [1.54, 1.807) is 7.11 Å². The molecule has 20 heavy (non-hydrogen) atoms. The lowest BCUT2D eigenvalue weighted by atomic mass is 9.77. The van der Waals surface area contributed by atoms with Gasteiger partial charge in [0.2, 0.25) is 0 Å². The zero-order valence-electron chi connectivity index (χ0n) is 11.9. The maximum absolute atomic E-state index is 11.0. The van der Waals surface area contributed by atoms with Crippen molar-refractivity contribution in [3.05, 3.63) is 42.1 Å². The first-order valence-electron chi connectivity index (χ1n) is 7.31. The van der Waals surface area contributed by atoms with Crippen molar-refractivity contribution in [2.24, 2.45) is 0 Å². The molecule has 1 fully saturated rings. The monoisotopic (exact) mass is 271 g/mol. The number of ether oxygens (including phenoxy) is 1. The van der Waals surface area contributed by atoms with Crippen molar-refractivity contribution in [2.45, 2.75) is 43.8 Å². The van der Waals surface area contributed by atoms with Gasteiger partial charge in [0, 0.05) is 25.1 Å². The molecule has 1 saturated carbocycles. The molecule has 3 heteroatoms. The highest BCUT2D eigenvalue weighted by Gasteiger charge is 2.39. The average molecular weight is 271 g/mol. The molecule has 3 nitrogen and oxygen atoms in total. The number of pyridine rings is 1. The molecular formula is C17H21NO2. The molecular weight excluding hydrogens is 250 g/mol. The fourth-order valence-corrected chi connectivity index (χ4v) is 3.37. The van der Waals surface area contributed by atoms with Gasteiger partial charge in [0.25, 0.3) is 0 Å². The van der Waals surface area contributed by atoms with E-state index >= 15 is 0 Å². The van der Waals surface area contributed by atoms with Gasteiger partial charge in [-0.2, -0.15) is 0 Å². The van der Waals surface area contributed by atoms with Gasteiger partial charge in [-0.05, 0) is 30.5 Å². The van der Waals surface area contributed by atoms with Crippen LogP contribution in [0.5, 0.6) is 0 Å². The third kappa shape index (κ3) is 2.43. The summed E-state index contributed by atoms with van der Waals surface area (Å²) in [4.78, 5) is 4.38. The molecule has 3 rings (SSSR count). The van der Waals surface area contributed by atoms with Crippen LogP contribution in [0.15, 0.2) is 36.5 Å². The minimum atomic E-state index is -0.753. The van der Waals surface area contributed by atoms with E-state index in [0.29, 0.717) is 6.42 Å². The van der Waals surface area contributed by atoms with Gasteiger partial charge in [0.05, 0.1) is 17.2 Å². The molecule has 1 heterocycles. The fraction of sp³-hybridized carbons (Fsp3) is 0.471. The topological polar surface area (TPSA) is 42.4 Å². The Bertz CT molecular complexity index is 593. The van der Waals surface area contributed by atoms with Gasteiger partial charge in [-0.1, -0.05) is 31.0 Å². The van der Waals surface area contributed by atoms with Crippen LogP contribution in [0.1, 0.15) is 31.2 Å². The van der Waals surface area contributed by atoms with Crippen LogP contribution in [-0.4, -0.2) is 28.9 Å². The SMILES string of the molecule is COC1CCCCC1(O)Cc1ccnc2ccccc12. The van der Waals surface area contributed by atoms with Gasteiger partial charge < -0.3 is 9.84 Å². The Balaban J connectivity index is 1.95. The molecule has 0 spiro atoms. The fourth-order valence-electron chi connectivity index (χ4n) is 3.37. The molecule has 0 radical (unpaired) electrons. The first kappa shape index (κ1) is 13.5. The van der Waals surface area contributed by atoms with E-state index in [1.807, 2.05) is 30.5 Å². The van der Waals surface area contributed by atoms with Crippen LogP contribution in [0.2, 0.25) is 0 Å². The second-order valence-electron chi connectivity index (χ2n) is 5.74. The third-order valence-electron chi connectivity index (χ3n) is 4.45. The van der Waals surface area contributed by atoms with E-state index in [1.165, 1.54) is 0 Å². The number of hydrogen-bond donors (Lipinski definition) is 1. The number of rotatable bonds is 3. The summed E-state index contributed by atoms with van der Waals surface area (Å²) in [5, 5.41) is 12.1. The molecule has 1 aromatic heterocycles. The summed E-state index contributed by atoms with van der Waals surface area (Å²) >= 11 is 0. The van der Waals surface area contributed by atoms with Gasteiger partial charge in [-0.15, -0.1) is 0 Å². The lowest BCUT2D eigenvalue weighted by molar-refractivity contribution is -0.116. The van der Waals surface area contributed by atoms with Crippen LogP contribution in [0.25, 0.3) is 10.9 Å². The number of benzene rings is 1. The molecule has 2 aromatic rings. The Kier molecular flexibility index (Phi) is 3.72. The summed E-state index contributed by atoms with van der Waals surface area (Å²) < 4.78 is 5.53. The maximum Gasteiger partial charge on any atom is 0.0948 e. The molecule has 0 saturated heterocycles. The molecule has 1 aliphatic rings. The first-order chi connectivity index (χ1) is 9.73. The Labute approximate surface area is 119 Å². The first-order valence-corrected chi connectivity index (χ1v) is 7.31. The van der Waals surface area contributed by atoms with Gasteiger partial charge in [0.1, 0.15) is 0 Å². The second kappa shape index (κ2) is 5.51. The largest absolute Gasteiger partial charge is 0.387 e. The van der Waals surface area contributed by atoms with Crippen molar-refractivity contribution in [2.75, 3.05) is 7.11 Å². The Hall–Kier alpha value is -1.45. The smallest absolute Gasteiger partial charge is 0.0948 e. The highest BCUT2D eigenvalue weighted by Crippen LogP contribution is 2.34. The Morgan fingerprint density at radius 3 is 3.00 bits per heavy atom. The molecule has 1 aliphatic carbocycles. The molecule has 0 amide bonds. The number of para-hydroxylation sites is 1. The number of methoxy groups -OCH3 is 1. The van der Waals surface area contributed by atoms with Crippen LogP contribution in [0.3, 0.4) is 0 Å². The molecule has 1 aromatic carbocycles. The van der Waals surface area contributed by atoms with Gasteiger partial charge in [0.15, 0.2) is 0 Å². The third-order valence-corrected chi connectivity index (χ3v) is 4.45. The zero-order chi connectivity index (χ0) is 14.0.